The lowest BCUT2D eigenvalue weighted by molar-refractivity contribution is 0.112. The minimum absolute atomic E-state index is 0.177. The highest BCUT2D eigenvalue weighted by Gasteiger charge is 2.21. The molecule has 0 N–H and O–H groups in total. The molecular weight excluding hydrogens is 312 g/mol. The molecule has 0 unspecified atom stereocenters. The van der Waals surface area contributed by atoms with Crippen LogP contribution in [0.15, 0.2) is 66.7 Å². The summed E-state index contributed by atoms with van der Waals surface area (Å²) in [6.07, 6.45) is 0.869. The van der Waals surface area contributed by atoms with Crippen LogP contribution in [0.5, 0.6) is 11.5 Å². The average molecular weight is 326 g/mol. The van der Waals surface area contributed by atoms with E-state index in [1.807, 2.05) is 48.5 Å². The molecule has 0 bridgehead atoms. The number of ether oxygens (including phenoxy) is 2. The second-order valence-electron chi connectivity index (χ2n) is 6.10. The normalized spacial score (nSPS) is 12.6. The standard InChI is InChI=1S/C22H14O3/c23-12-14-5-8-18-16(11-14)7-10-20-22(18)21-17-4-2-1-3-15(17)6-9-19(21)24-13-25-20/h1-12H,13H2. The van der Waals surface area contributed by atoms with Crippen molar-refractivity contribution in [2.24, 2.45) is 0 Å². The van der Waals surface area contributed by atoms with Crippen molar-refractivity contribution >= 4 is 27.8 Å². The van der Waals surface area contributed by atoms with E-state index in [1.165, 1.54) is 0 Å². The summed E-state index contributed by atoms with van der Waals surface area (Å²) in [7, 11) is 0. The first-order valence-corrected chi connectivity index (χ1v) is 8.15. The molecule has 4 aromatic carbocycles. The Bertz CT molecular complexity index is 1140. The van der Waals surface area contributed by atoms with Gasteiger partial charge in [-0.3, -0.25) is 4.79 Å². The third-order valence-electron chi connectivity index (χ3n) is 4.71. The van der Waals surface area contributed by atoms with Crippen LogP contribution >= 0.6 is 0 Å². The summed E-state index contributed by atoms with van der Waals surface area (Å²) in [6, 6.07) is 22.0. The number of aldehydes is 1. The smallest absolute Gasteiger partial charge is 0.230 e. The van der Waals surface area contributed by atoms with E-state index in [2.05, 4.69) is 18.2 Å². The van der Waals surface area contributed by atoms with Gasteiger partial charge in [0.25, 0.3) is 0 Å². The number of carbonyl (C=O) groups is 1. The van der Waals surface area contributed by atoms with Crippen LogP contribution in [0.3, 0.4) is 0 Å². The van der Waals surface area contributed by atoms with Crippen LogP contribution < -0.4 is 9.47 Å². The number of carbonyl (C=O) groups excluding carboxylic acids is 1. The average Bonchev–Trinajstić information content (AvgIpc) is 2.87. The number of benzene rings is 4. The molecule has 0 saturated heterocycles. The van der Waals surface area contributed by atoms with Crippen molar-refractivity contribution in [2.75, 3.05) is 6.79 Å². The molecule has 0 aliphatic carbocycles. The quantitative estimate of drug-likeness (QED) is 0.451. The summed E-state index contributed by atoms with van der Waals surface area (Å²) in [5, 5.41) is 4.33. The van der Waals surface area contributed by atoms with Crippen molar-refractivity contribution in [2.45, 2.75) is 0 Å². The molecule has 3 nitrogen and oxygen atoms in total. The molecule has 5 rings (SSSR count). The predicted octanol–water partition coefficient (Wildman–Crippen LogP) is 5.20. The Morgan fingerprint density at radius 2 is 1.40 bits per heavy atom. The monoisotopic (exact) mass is 326 g/mol. The third kappa shape index (κ3) is 2.09. The summed E-state index contributed by atoms with van der Waals surface area (Å²) in [5.74, 6) is 1.60. The topological polar surface area (TPSA) is 35.5 Å². The Labute approximate surface area is 144 Å². The predicted molar refractivity (Wildman–Crippen MR) is 98.4 cm³/mol. The molecule has 0 fully saturated rings. The number of rotatable bonds is 1. The van der Waals surface area contributed by atoms with Gasteiger partial charge in [-0.25, -0.2) is 0 Å². The maximum atomic E-state index is 11.1. The van der Waals surface area contributed by atoms with Crippen LogP contribution in [0.2, 0.25) is 0 Å². The lowest BCUT2D eigenvalue weighted by atomic mass is 9.92. The SMILES string of the molecule is O=Cc1ccc2c3c(ccc2c1)OCOc1ccc2ccccc2c1-3. The maximum absolute atomic E-state index is 11.1. The molecule has 0 spiro atoms. The first kappa shape index (κ1) is 14.1. The van der Waals surface area contributed by atoms with Crippen molar-refractivity contribution in [3.05, 3.63) is 72.3 Å². The van der Waals surface area contributed by atoms with Gasteiger partial charge in [-0.05, 0) is 39.7 Å². The fourth-order valence-corrected chi connectivity index (χ4v) is 3.57. The highest BCUT2D eigenvalue weighted by atomic mass is 16.7. The fraction of sp³-hybridized carbons (Fsp3) is 0.0455. The minimum Gasteiger partial charge on any atom is -0.457 e. The third-order valence-corrected chi connectivity index (χ3v) is 4.71. The van der Waals surface area contributed by atoms with Gasteiger partial charge in [0, 0.05) is 16.7 Å². The van der Waals surface area contributed by atoms with Crippen LogP contribution in [-0.2, 0) is 0 Å². The number of fused-ring (bicyclic) bond motifs is 7. The molecule has 0 aromatic heterocycles. The molecule has 1 aliphatic rings. The zero-order valence-corrected chi connectivity index (χ0v) is 13.4. The molecule has 0 saturated carbocycles. The van der Waals surface area contributed by atoms with E-state index in [0.29, 0.717) is 5.56 Å². The first-order valence-electron chi connectivity index (χ1n) is 8.15. The van der Waals surface area contributed by atoms with Gasteiger partial charge in [-0.2, -0.15) is 0 Å². The van der Waals surface area contributed by atoms with Crippen molar-refractivity contribution in [3.8, 4) is 22.6 Å². The van der Waals surface area contributed by atoms with Crippen LogP contribution in [-0.4, -0.2) is 13.1 Å². The highest BCUT2D eigenvalue weighted by Crippen LogP contribution is 2.46. The second kappa shape index (κ2) is 5.35. The molecule has 120 valence electrons. The molecule has 0 atom stereocenters. The van der Waals surface area contributed by atoms with Gasteiger partial charge in [-0.15, -0.1) is 0 Å². The first-order chi connectivity index (χ1) is 12.3. The maximum Gasteiger partial charge on any atom is 0.230 e. The number of hydrogen-bond acceptors (Lipinski definition) is 3. The van der Waals surface area contributed by atoms with Gasteiger partial charge in [0.1, 0.15) is 17.8 Å². The van der Waals surface area contributed by atoms with Gasteiger partial charge in [0.05, 0.1) is 0 Å². The lowest BCUT2D eigenvalue weighted by Crippen LogP contribution is -2.03. The van der Waals surface area contributed by atoms with Gasteiger partial charge in [0.15, 0.2) is 0 Å². The Hall–Kier alpha value is -3.33. The molecule has 1 heterocycles. The summed E-state index contributed by atoms with van der Waals surface area (Å²) in [6.45, 7) is 0.177. The van der Waals surface area contributed by atoms with Gasteiger partial charge < -0.3 is 9.47 Å². The summed E-state index contributed by atoms with van der Waals surface area (Å²) < 4.78 is 11.7. The molecule has 0 radical (unpaired) electrons. The molecular formula is C22H14O3. The minimum atomic E-state index is 0.177. The summed E-state index contributed by atoms with van der Waals surface area (Å²) >= 11 is 0. The largest absolute Gasteiger partial charge is 0.457 e. The molecule has 3 heteroatoms. The van der Waals surface area contributed by atoms with Crippen LogP contribution in [0.25, 0.3) is 32.7 Å². The summed E-state index contributed by atoms with van der Waals surface area (Å²) in [4.78, 5) is 11.1. The highest BCUT2D eigenvalue weighted by molar-refractivity contribution is 6.10. The summed E-state index contributed by atoms with van der Waals surface area (Å²) in [5.41, 5.74) is 2.71. The number of hydrogen-bond donors (Lipinski definition) is 0. The van der Waals surface area contributed by atoms with Crippen molar-refractivity contribution in [1.29, 1.82) is 0 Å². The van der Waals surface area contributed by atoms with E-state index in [1.54, 1.807) is 0 Å². The van der Waals surface area contributed by atoms with Crippen LogP contribution in [0.4, 0.5) is 0 Å². The van der Waals surface area contributed by atoms with Crippen molar-refractivity contribution in [3.63, 3.8) is 0 Å². The van der Waals surface area contributed by atoms with Gasteiger partial charge in [-0.1, -0.05) is 48.5 Å². The van der Waals surface area contributed by atoms with Crippen LogP contribution in [0, 0.1) is 0 Å². The van der Waals surface area contributed by atoms with E-state index < -0.39 is 0 Å². The zero-order chi connectivity index (χ0) is 16.8. The van der Waals surface area contributed by atoms with E-state index >= 15 is 0 Å². The van der Waals surface area contributed by atoms with Gasteiger partial charge in [0.2, 0.25) is 6.79 Å². The van der Waals surface area contributed by atoms with Crippen LogP contribution in [0.1, 0.15) is 10.4 Å². The molecule has 0 amide bonds. The van der Waals surface area contributed by atoms with E-state index in [4.69, 9.17) is 9.47 Å². The lowest BCUT2D eigenvalue weighted by Gasteiger charge is -2.14. The van der Waals surface area contributed by atoms with E-state index in [0.717, 1.165) is 50.5 Å². The van der Waals surface area contributed by atoms with Gasteiger partial charge >= 0.3 is 0 Å². The van der Waals surface area contributed by atoms with E-state index in [-0.39, 0.29) is 6.79 Å². The van der Waals surface area contributed by atoms with Crippen molar-refractivity contribution < 1.29 is 14.3 Å². The second-order valence-corrected chi connectivity index (χ2v) is 6.10. The zero-order valence-electron chi connectivity index (χ0n) is 13.4. The Morgan fingerprint density at radius 1 is 0.720 bits per heavy atom. The Kier molecular flexibility index (Phi) is 3.01. The Morgan fingerprint density at radius 3 is 2.16 bits per heavy atom. The molecule has 4 aromatic rings. The molecule has 25 heavy (non-hydrogen) atoms. The fourth-order valence-electron chi connectivity index (χ4n) is 3.57. The Balaban J connectivity index is 1.96. The molecule has 1 aliphatic heterocycles. The van der Waals surface area contributed by atoms with E-state index in [9.17, 15) is 4.79 Å². The van der Waals surface area contributed by atoms with Crippen molar-refractivity contribution in [1.82, 2.24) is 0 Å².